The minimum absolute atomic E-state index is 0. The molecule has 4 aromatic carbocycles. The number of rotatable bonds is 14. The number of alkyl halides is 2. The molecule has 4 aromatic heterocycles. The summed E-state index contributed by atoms with van der Waals surface area (Å²) in [7, 11) is 8.59. The van der Waals surface area contributed by atoms with Crippen molar-refractivity contribution in [1.29, 1.82) is 0 Å². The summed E-state index contributed by atoms with van der Waals surface area (Å²) in [5.41, 5.74) is 1.58. The average molecular weight is 1450 g/mol. The number of ketones is 2. The fourth-order valence-corrected chi connectivity index (χ4v) is 20.3. The number of aromatic nitrogens is 4. The zero-order chi connectivity index (χ0) is 63.7. The zero-order valence-electron chi connectivity index (χ0n) is 47.0. The number of nitrogens with one attached hydrogen (secondary N) is 2. The number of carboxylic acid groups (broad SMARTS) is 1. The van der Waals surface area contributed by atoms with E-state index in [1.165, 1.54) is 90.5 Å². The molecule has 0 bridgehead atoms. The number of methoxy groups -OCH3 is 1. The van der Waals surface area contributed by atoms with Crippen molar-refractivity contribution in [2.45, 2.75) is 71.6 Å². The zero-order valence-corrected chi connectivity index (χ0v) is 55.8. The molecule has 10 rings (SSSR count). The summed E-state index contributed by atoms with van der Waals surface area (Å²) < 4.78 is 67.7. The maximum atomic E-state index is 15.4. The Morgan fingerprint density at radius 3 is 1.40 bits per heavy atom. The van der Waals surface area contributed by atoms with Crippen molar-refractivity contribution in [3.05, 3.63) is 140 Å². The van der Waals surface area contributed by atoms with Crippen molar-refractivity contribution in [3.63, 3.8) is 0 Å². The first-order valence-electron chi connectivity index (χ1n) is 25.5. The van der Waals surface area contributed by atoms with Crippen LogP contribution in [0.5, 0.6) is 0 Å². The molecule has 8 aromatic rings. The summed E-state index contributed by atoms with van der Waals surface area (Å²) in [5.74, 6) is -6.91. The number of anilines is 2. The van der Waals surface area contributed by atoms with E-state index in [0.717, 1.165) is 32.5 Å². The molecule has 4 amide bonds. The Bertz CT molecular complexity index is 4350. The number of fused-ring (bicyclic) bond motifs is 2. The van der Waals surface area contributed by atoms with Crippen LogP contribution in [0.3, 0.4) is 0 Å². The van der Waals surface area contributed by atoms with Gasteiger partial charge in [0.15, 0.2) is 23.2 Å². The molecule has 4 N–H and O–H groups in total. The summed E-state index contributed by atoms with van der Waals surface area (Å²) in [6, 6.07) is 22.4. The normalized spacial score (nSPS) is 15.4. The van der Waals surface area contributed by atoms with Gasteiger partial charge in [0, 0.05) is 126 Å². The number of amides is 4. The Balaban J connectivity index is 0.000000290. The number of benzene rings is 4. The number of aromatic carboxylic acids is 1. The van der Waals surface area contributed by atoms with Crippen molar-refractivity contribution in [1.82, 2.24) is 29.4 Å². The molecule has 35 heteroatoms. The van der Waals surface area contributed by atoms with Gasteiger partial charge < -0.3 is 35.8 Å². The van der Waals surface area contributed by atoms with Crippen molar-refractivity contribution in [3.8, 4) is 22.3 Å². The number of halogens is 6. The summed E-state index contributed by atoms with van der Waals surface area (Å²) in [5, 5.41) is 23.3. The second kappa shape index (κ2) is 34.1. The van der Waals surface area contributed by atoms with E-state index in [2.05, 4.69) is 43.2 Å². The van der Waals surface area contributed by atoms with Crippen LogP contribution in [0.2, 0.25) is 10.0 Å². The largest absolute Gasteiger partial charge is 1.00 e. The molecule has 0 unspecified atom stereocenters. The summed E-state index contributed by atoms with van der Waals surface area (Å²) in [6.45, 7) is 0.968. The van der Waals surface area contributed by atoms with Crippen molar-refractivity contribution < 1.29 is 90.1 Å². The Morgan fingerprint density at radius 1 is 0.637 bits per heavy atom. The average Bonchev–Trinajstić information content (AvgIpc) is 1.96. The third kappa shape index (κ3) is 17.7. The van der Waals surface area contributed by atoms with Crippen LogP contribution in [0.1, 0.15) is 74.4 Å². The number of Topliss-reactive ketones (excluding diaryl/α,β-unsaturated/α-hetero) is 2. The van der Waals surface area contributed by atoms with Crippen LogP contribution >= 0.6 is 45.9 Å². The van der Waals surface area contributed by atoms with Gasteiger partial charge in [-0.25, -0.2) is 27.2 Å². The Hall–Kier alpha value is -6.22. The smallest absolute Gasteiger partial charge is 0.870 e. The molecule has 0 radical (unpaired) electrons. The third-order valence-electron chi connectivity index (χ3n) is 13.4. The standard InChI is InChI=1S/C28H23ClF2N4O5S.C27H21ClF2N4O5S.CH4.Li.H2O.S7/c1-14(36)25-26-20(11-22(41-26)28(39)40-2)35(33-25)13-23(37)34-12-15(30)10-21(34)27(38)32-19-9-5-7-17(24(19)31)16-6-3-4-8-18(16)29;1-13(35)24-25-19(10-21(40-25)27(38)39)34(32-24)12-22(36)33-11-14(29)9-20(33)26(37)31-18-8-4-6-16(23(18)30)15-5-2-3-7-17(15)28;;;;1-3-5-7-6-4-2/h3-9,11,15,21H,10,12-13H2,1-2H3,(H,32,38);2-8,10,14,20H,9,11-12H2,1H3,(H,31,37)(H,38,39);1H4;;1H2;/q;;;+1;;/p-1/t15-,21+;14-,20+;;;;/m11..../s1. The van der Waals surface area contributed by atoms with Gasteiger partial charge in [0.2, 0.25) is 23.6 Å². The van der Waals surface area contributed by atoms with E-state index in [4.69, 9.17) is 27.9 Å². The van der Waals surface area contributed by atoms with Gasteiger partial charge in [-0.05, 0) is 36.4 Å². The number of carbonyl (C=O) groups excluding carboxylic acids is 7. The fraction of sp³-hybridized carbons (Fsp3) is 0.250. The van der Waals surface area contributed by atoms with E-state index in [9.17, 15) is 52.2 Å². The number of thiophene rings is 2. The van der Waals surface area contributed by atoms with Gasteiger partial charge in [-0.3, -0.25) is 38.1 Å². The van der Waals surface area contributed by atoms with Crippen LogP contribution in [0, 0.1) is 11.6 Å². The van der Waals surface area contributed by atoms with Crippen LogP contribution in [0.15, 0.2) is 97.1 Å². The predicted octanol–water partition coefficient (Wildman–Crippen LogP) is 7.61. The van der Waals surface area contributed by atoms with Gasteiger partial charge in [-0.1, -0.05) is 91.3 Å². The van der Waals surface area contributed by atoms with Gasteiger partial charge in [-0.15, -0.1) is 22.7 Å². The minimum Gasteiger partial charge on any atom is -0.870 e. The number of carbonyl (C=O) groups is 8. The van der Waals surface area contributed by atoms with Crippen LogP contribution < -0.4 is 29.5 Å². The number of hydrogen-bond donors (Lipinski definition) is 3. The first-order valence-corrected chi connectivity index (χ1v) is 35.9. The first kappa shape index (κ1) is 75.5. The molecule has 91 heavy (non-hydrogen) atoms. The first-order chi connectivity index (χ1) is 42.0. The SMILES string of the molecule is C.CC(=O)c1nn(CC(=O)N2C[C@H](F)C[C@H]2C(=O)Nc2cccc(-c3ccccc3Cl)c2F)c2cc(C(=O)O)sc12.COC(=O)c1cc2c(s1)c(C(C)=O)nn2CC(=O)N1C[C@H](F)C[C@H]1C(=O)Nc1cccc(-c2ccccc2Cl)c1F.S=S=S=S=S=S=S.[Li+].[OH-]. The monoisotopic (exact) mass is 1450 g/mol. The second-order valence-electron chi connectivity index (χ2n) is 19.0. The third-order valence-corrected chi connectivity index (χ3v) is 25.2. The topological polar surface area (TPSA) is 262 Å². The van der Waals surface area contributed by atoms with E-state index in [-0.39, 0.29) is 113 Å². The number of hydrogen-bond acceptors (Lipinski definition) is 16. The van der Waals surface area contributed by atoms with Crippen molar-refractivity contribution >= 4 is 192 Å². The Kier molecular flexibility index (Phi) is 28.3. The van der Waals surface area contributed by atoms with E-state index >= 15 is 8.78 Å². The Morgan fingerprint density at radius 2 is 1.02 bits per heavy atom. The molecular weight excluding hydrogens is 1400 g/mol. The van der Waals surface area contributed by atoms with Crippen molar-refractivity contribution in [2.75, 3.05) is 30.8 Å². The van der Waals surface area contributed by atoms with Gasteiger partial charge >= 0.3 is 30.8 Å². The molecule has 6 heterocycles. The van der Waals surface area contributed by atoms with Crippen LogP contribution in [-0.2, 0) is 104 Å². The van der Waals surface area contributed by atoms with Crippen molar-refractivity contribution in [2.24, 2.45) is 0 Å². The number of ether oxygens (including phenoxy) is 1. The molecule has 4 atom stereocenters. The number of nitrogens with zero attached hydrogens (tertiary/aromatic N) is 6. The molecule has 2 saturated heterocycles. The summed E-state index contributed by atoms with van der Waals surface area (Å²) in [4.78, 5) is 103. The Labute approximate surface area is 570 Å². The molecule has 2 aliphatic heterocycles. The number of esters is 1. The molecule has 0 saturated carbocycles. The van der Waals surface area contributed by atoms with E-state index in [0.29, 0.717) is 36.1 Å². The molecule has 0 spiro atoms. The summed E-state index contributed by atoms with van der Waals surface area (Å²) in [6.07, 6.45) is -3.55. The van der Waals surface area contributed by atoms with E-state index in [1.54, 1.807) is 81.2 Å². The molecule has 0 aliphatic carbocycles. The molecular formula is C56H49Cl2F4LiN8O11S9. The maximum absolute atomic E-state index is 15.4. The molecule has 2 fully saturated rings. The van der Waals surface area contributed by atoms with Gasteiger partial charge in [0.1, 0.15) is 58.7 Å². The molecule has 19 nitrogen and oxygen atoms in total. The maximum Gasteiger partial charge on any atom is 1.00 e. The number of carboxylic acids is 1. The van der Waals surface area contributed by atoms with Gasteiger partial charge in [0.05, 0.1) is 52.0 Å². The van der Waals surface area contributed by atoms with Crippen LogP contribution in [0.4, 0.5) is 28.9 Å². The molecule has 476 valence electrons. The second-order valence-corrected chi connectivity index (χ2v) is 30.7. The van der Waals surface area contributed by atoms with Gasteiger partial charge in [0.25, 0.3) is 0 Å². The summed E-state index contributed by atoms with van der Waals surface area (Å²) >= 11 is 23.4. The van der Waals surface area contributed by atoms with Crippen LogP contribution in [-0.4, -0.2) is 132 Å². The molecule has 2 aliphatic rings. The van der Waals surface area contributed by atoms with E-state index in [1.807, 2.05) is 0 Å². The number of likely N-dealkylation sites (tertiary alicyclic amines) is 2. The quantitative estimate of drug-likeness (QED) is 0.0410. The minimum atomic E-state index is -1.50. The van der Waals surface area contributed by atoms with E-state index < -0.39 is 90.5 Å². The fourth-order valence-electron chi connectivity index (χ4n) is 9.49. The van der Waals surface area contributed by atoms with Crippen LogP contribution in [0.25, 0.3) is 42.7 Å². The van der Waals surface area contributed by atoms with Gasteiger partial charge in [-0.2, -0.15) is 10.2 Å². The predicted molar refractivity (Wildman–Crippen MR) is 355 cm³/mol.